The van der Waals surface area contributed by atoms with Crippen molar-refractivity contribution in [2.24, 2.45) is 0 Å². The van der Waals surface area contributed by atoms with E-state index in [1.54, 1.807) is 48.7 Å². The molecule has 0 saturated carbocycles. The first-order chi connectivity index (χ1) is 11.7. The number of furan rings is 1. The number of hydrogen-bond acceptors (Lipinski definition) is 5. The third-order valence-corrected chi connectivity index (χ3v) is 3.99. The third-order valence-electron chi connectivity index (χ3n) is 2.89. The fourth-order valence-corrected chi connectivity index (χ4v) is 2.54. The number of aromatic amines is 1. The number of nitrogens with zero attached hydrogens (tertiary/aromatic N) is 2. The van der Waals surface area contributed by atoms with Crippen LogP contribution < -0.4 is 5.32 Å². The van der Waals surface area contributed by atoms with Gasteiger partial charge < -0.3 is 9.73 Å². The van der Waals surface area contributed by atoms with Crippen molar-refractivity contribution < 1.29 is 9.21 Å². The molecule has 0 fully saturated rings. The first kappa shape index (κ1) is 16.4. The van der Waals surface area contributed by atoms with Gasteiger partial charge in [-0.1, -0.05) is 23.4 Å². The van der Waals surface area contributed by atoms with Crippen LogP contribution in [-0.2, 0) is 4.79 Å². The molecule has 0 saturated heterocycles. The van der Waals surface area contributed by atoms with Gasteiger partial charge >= 0.3 is 0 Å². The molecular weight excluding hydrogens is 348 g/mol. The zero-order valence-corrected chi connectivity index (χ0v) is 14.0. The minimum absolute atomic E-state index is 0.139. The summed E-state index contributed by atoms with van der Waals surface area (Å²) in [5, 5.41) is 10.7. The number of H-pyrrole nitrogens is 1. The smallest absolute Gasteiger partial charge is 0.234 e. The van der Waals surface area contributed by atoms with Gasteiger partial charge in [0.15, 0.2) is 0 Å². The number of rotatable bonds is 6. The van der Waals surface area contributed by atoms with E-state index in [9.17, 15) is 4.79 Å². The van der Waals surface area contributed by atoms with Crippen molar-refractivity contribution in [3.05, 3.63) is 59.3 Å². The standard InChI is InChI=1S/C16H13ClN4O2S/c17-11-3-5-12(6-4-11)18-15(22)10-24-16-19-14(20-21-16)8-7-13-2-1-9-23-13/h1-9H,10H2,(H,18,22)(H,19,20,21). The maximum absolute atomic E-state index is 11.9. The van der Waals surface area contributed by atoms with Crippen molar-refractivity contribution in [2.45, 2.75) is 5.16 Å². The molecule has 0 aliphatic heterocycles. The van der Waals surface area contributed by atoms with E-state index >= 15 is 0 Å². The molecule has 8 heteroatoms. The second-order valence-electron chi connectivity index (χ2n) is 4.70. The van der Waals surface area contributed by atoms with Crippen LogP contribution >= 0.6 is 23.4 Å². The maximum Gasteiger partial charge on any atom is 0.234 e. The van der Waals surface area contributed by atoms with E-state index in [-0.39, 0.29) is 11.7 Å². The second-order valence-corrected chi connectivity index (χ2v) is 6.07. The van der Waals surface area contributed by atoms with Crippen molar-refractivity contribution in [1.29, 1.82) is 0 Å². The number of carbonyl (C=O) groups excluding carboxylic acids is 1. The van der Waals surface area contributed by atoms with E-state index in [1.807, 2.05) is 6.07 Å². The average Bonchev–Trinajstić information content (AvgIpc) is 3.25. The minimum atomic E-state index is -0.139. The van der Waals surface area contributed by atoms with Crippen LogP contribution in [-0.4, -0.2) is 26.8 Å². The fraction of sp³-hybridized carbons (Fsp3) is 0.0625. The summed E-state index contributed by atoms with van der Waals surface area (Å²) < 4.78 is 5.19. The molecule has 24 heavy (non-hydrogen) atoms. The highest BCUT2D eigenvalue weighted by molar-refractivity contribution is 7.99. The molecule has 0 radical (unpaired) electrons. The van der Waals surface area contributed by atoms with E-state index in [1.165, 1.54) is 11.8 Å². The lowest BCUT2D eigenvalue weighted by Crippen LogP contribution is -2.13. The van der Waals surface area contributed by atoms with Gasteiger partial charge in [-0.15, -0.1) is 5.10 Å². The molecule has 0 aliphatic carbocycles. The van der Waals surface area contributed by atoms with Gasteiger partial charge in [-0.2, -0.15) is 0 Å². The summed E-state index contributed by atoms with van der Waals surface area (Å²) in [7, 11) is 0. The van der Waals surface area contributed by atoms with Gasteiger partial charge in [0, 0.05) is 10.7 Å². The van der Waals surface area contributed by atoms with Crippen LogP contribution in [0, 0.1) is 0 Å². The molecule has 2 heterocycles. The van der Waals surface area contributed by atoms with Gasteiger partial charge in [-0.3, -0.25) is 9.89 Å². The summed E-state index contributed by atoms with van der Waals surface area (Å²) in [5.41, 5.74) is 0.696. The predicted octanol–water partition coefficient (Wildman–Crippen LogP) is 3.95. The second kappa shape index (κ2) is 7.85. The van der Waals surface area contributed by atoms with Gasteiger partial charge in [0.25, 0.3) is 0 Å². The van der Waals surface area contributed by atoms with Crippen molar-refractivity contribution in [3.8, 4) is 0 Å². The SMILES string of the molecule is O=C(CSc1n[nH]c(C=Cc2ccco2)n1)Nc1ccc(Cl)cc1. The number of hydrogen-bond donors (Lipinski definition) is 2. The Bertz CT molecular complexity index is 828. The summed E-state index contributed by atoms with van der Waals surface area (Å²) in [6.45, 7) is 0. The molecule has 2 N–H and O–H groups in total. The molecule has 2 aromatic heterocycles. The van der Waals surface area contributed by atoms with Gasteiger partial charge in [0.1, 0.15) is 11.6 Å². The topological polar surface area (TPSA) is 83.8 Å². The number of amides is 1. The summed E-state index contributed by atoms with van der Waals surface area (Å²) in [4.78, 5) is 16.2. The molecule has 6 nitrogen and oxygen atoms in total. The van der Waals surface area contributed by atoms with Crippen molar-refractivity contribution in [1.82, 2.24) is 15.2 Å². The predicted molar refractivity (Wildman–Crippen MR) is 94.8 cm³/mol. The number of thioether (sulfide) groups is 1. The molecule has 1 aromatic carbocycles. The number of carbonyl (C=O) groups is 1. The van der Waals surface area contributed by atoms with Crippen molar-refractivity contribution in [2.75, 3.05) is 11.1 Å². The highest BCUT2D eigenvalue weighted by Crippen LogP contribution is 2.16. The molecule has 1 amide bonds. The Morgan fingerprint density at radius 1 is 1.29 bits per heavy atom. The monoisotopic (exact) mass is 360 g/mol. The molecular formula is C16H13ClN4O2S. The Morgan fingerprint density at radius 3 is 2.88 bits per heavy atom. The molecule has 0 aliphatic rings. The maximum atomic E-state index is 11.9. The Morgan fingerprint density at radius 2 is 2.12 bits per heavy atom. The summed E-state index contributed by atoms with van der Waals surface area (Å²) >= 11 is 7.05. The third kappa shape index (κ3) is 4.74. The molecule has 0 atom stereocenters. The van der Waals surface area contributed by atoms with Gasteiger partial charge in [-0.05, 0) is 48.6 Å². The quantitative estimate of drug-likeness (QED) is 0.650. The molecule has 0 spiro atoms. The van der Waals surface area contributed by atoms with E-state index < -0.39 is 0 Å². The van der Waals surface area contributed by atoms with E-state index in [4.69, 9.17) is 16.0 Å². The zero-order chi connectivity index (χ0) is 16.8. The summed E-state index contributed by atoms with van der Waals surface area (Å²) in [6, 6.07) is 10.6. The van der Waals surface area contributed by atoms with Gasteiger partial charge in [-0.25, -0.2) is 4.98 Å². The molecule has 0 unspecified atom stereocenters. The normalized spacial score (nSPS) is 11.0. The number of halogens is 1. The summed E-state index contributed by atoms with van der Waals surface area (Å²) in [6.07, 6.45) is 5.13. The van der Waals surface area contributed by atoms with Gasteiger partial charge in [0.05, 0.1) is 12.0 Å². The number of benzene rings is 1. The average molecular weight is 361 g/mol. The molecule has 0 bridgehead atoms. The largest absolute Gasteiger partial charge is 0.465 e. The molecule has 122 valence electrons. The van der Waals surface area contributed by atoms with Crippen LogP contribution in [0.25, 0.3) is 12.2 Å². The van der Waals surface area contributed by atoms with E-state index in [0.717, 1.165) is 5.76 Å². The Labute approximate surface area is 147 Å². The molecule has 3 rings (SSSR count). The zero-order valence-electron chi connectivity index (χ0n) is 12.4. The lowest BCUT2D eigenvalue weighted by Gasteiger charge is -2.03. The van der Waals surface area contributed by atoms with Gasteiger partial charge in [0.2, 0.25) is 11.1 Å². The number of anilines is 1. The first-order valence-electron chi connectivity index (χ1n) is 7.01. The Kier molecular flexibility index (Phi) is 5.35. The van der Waals surface area contributed by atoms with Crippen LogP contribution in [0.2, 0.25) is 5.02 Å². The van der Waals surface area contributed by atoms with E-state index in [0.29, 0.717) is 21.7 Å². The van der Waals surface area contributed by atoms with Crippen LogP contribution in [0.1, 0.15) is 11.6 Å². The highest BCUT2D eigenvalue weighted by Gasteiger charge is 2.07. The van der Waals surface area contributed by atoms with Crippen molar-refractivity contribution in [3.63, 3.8) is 0 Å². The minimum Gasteiger partial charge on any atom is -0.465 e. The lowest BCUT2D eigenvalue weighted by atomic mass is 10.3. The van der Waals surface area contributed by atoms with Crippen LogP contribution in [0.15, 0.2) is 52.2 Å². The highest BCUT2D eigenvalue weighted by atomic mass is 35.5. The summed E-state index contributed by atoms with van der Waals surface area (Å²) in [5.74, 6) is 1.39. The molecule has 3 aromatic rings. The van der Waals surface area contributed by atoms with E-state index in [2.05, 4.69) is 20.5 Å². The first-order valence-corrected chi connectivity index (χ1v) is 8.37. The van der Waals surface area contributed by atoms with Crippen LogP contribution in [0.4, 0.5) is 5.69 Å². The number of nitrogens with one attached hydrogen (secondary N) is 2. The Hall–Kier alpha value is -2.51. The fourth-order valence-electron chi connectivity index (χ4n) is 1.80. The number of aromatic nitrogens is 3. The lowest BCUT2D eigenvalue weighted by molar-refractivity contribution is -0.113. The van der Waals surface area contributed by atoms with Crippen LogP contribution in [0.3, 0.4) is 0 Å². The Balaban J connectivity index is 1.49. The van der Waals surface area contributed by atoms with Crippen LogP contribution in [0.5, 0.6) is 0 Å². The van der Waals surface area contributed by atoms with Crippen molar-refractivity contribution >= 4 is 47.1 Å².